The van der Waals surface area contributed by atoms with Gasteiger partial charge in [-0.15, -0.1) is 0 Å². The third-order valence-electron chi connectivity index (χ3n) is 3.56. The lowest BCUT2D eigenvalue weighted by Crippen LogP contribution is -2.20. The molecule has 8 heteroatoms. The Morgan fingerprint density at radius 2 is 2.12 bits per heavy atom. The van der Waals surface area contributed by atoms with E-state index in [9.17, 15) is 20.0 Å². The number of hydrogen-bond acceptors (Lipinski definition) is 5. The molecule has 8 nitrogen and oxygen atoms in total. The van der Waals surface area contributed by atoms with Crippen LogP contribution in [0.15, 0.2) is 48.7 Å². The van der Waals surface area contributed by atoms with Gasteiger partial charge in [-0.2, -0.15) is 0 Å². The van der Waals surface area contributed by atoms with Crippen molar-refractivity contribution in [2.45, 2.75) is 5.92 Å². The smallest absolute Gasteiger partial charge is 0.330 e. The molecule has 2 aromatic heterocycles. The second-order valence-electron chi connectivity index (χ2n) is 5.10. The highest BCUT2D eigenvalue weighted by Gasteiger charge is 2.25. The van der Waals surface area contributed by atoms with E-state index in [1.54, 1.807) is 6.07 Å². The minimum Gasteiger partial charge on any atom is -0.481 e. The number of H-pyrrole nitrogens is 1. The van der Waals surface area contributed by atoms with Crippen LogP contribution in [-0.4, -0.2) is 32.6 Å². The van der Waals surface area contributed by atoms with Crippen LogP contribution in [0.5, 0.6) is 5.88 Å². The van der Waals surface area contributed by atoms with Gasteiger partial charge in [0.05, 0.1) is 4.92 Å². The lowest BCUT2D eigenvalue weighted by atomic mass is 10.1. The lowest BCUT2D eigenvalue weighted by Gasteiger charge is -2.12. The summed E-state index contributed by atoms with van der Waals surface area (Å²) in [4.78, 5) is 28.7. The van der Waals surface area contributed by atoms with Crippen LogP contribution in [0, 0.1) is 10.1 Å². The van der Waals surface area contributed by atoms with Crippen molar-refractivity contribution in [2.75, 3.05) is 6.61 Å². The number of rotatable bonds is 6. The summed E-state index contributed by atoms with van der Waals surface area (Å²) < 4.78 is 5.32. The second kappa shape index (κ2) is 6.37. The van der Waals surface area contributed by atoms with Gasteiger partial charge in [-0.3, -0.25) is 14.9 Å². The van der Waals surface area contributed by atoms with E-state index >= 15 is 0 Å². The van der Waals surface area contributed by atoms with Gasteiger partial charge in [0.15, 0.2) is 0 Å². The third-order valence-corrected chi connectivity index (χ3v) is 3.56. The van der Waals surface area contributed by atoms with Crippen LogP contribution in [0.3, 0.4) is 0 Å². The van der Waals surface area contributed by atoms with Crippen molar-refractivity contribution in [3.05, 3.63) is 64.5 Å². The first kappa shape index (κ1) is 15.5. The van der Waals surface area contributed by atoms with Crippen molar-refractivity contribution in [3.63, 3.8) is 0 Å². The predicted molar refractivity (Wildman–Crippen MR) is 85.1 cm³/mol. The maximum Gasteiger partial charge on any atom is 0.330 e. The molecule has 0 radical (unpaired) electrons. The first-order valence-corrected chi connectivity index (χ1v) is 7.09. The number of pyridine rings is 1. The molecule has 1 aromatic carbocycles. The SMILES string of the molecule is O=C(O)C(COc1ncccc1[N+](=O)[O-])c1cc2ccccc2[nH]1. The number of carboxylic acid groups (broad SMARTS) is 1. The van der Waals surface area contributed by atoms with Crippen LogP contribution < -0.4 is 4.74 Å². The summed E-state index contributed by atoms with van der Waals surface area (Å²) in [6.07, 6.45) is 1.35. The maximum atomic E-state index is 11.6. The van der Waals surface area contributed by atoms with Gasteiger partial charge >= 0.3 is 11.7 Å². The maximum absolute atomic E-state index is 11.6. The molecule has 0 aliphatic carbocycles. The fourth-order valence-electron chi connectivity index (χ4n) is 2.37. The zero-order chi connectivity index (χ0) is 17.1. The van der Waals surface area contributed by atoms with Gasteiger partial charge in [0.25, 0.3) is 5.88 Å². The van der Waals surface area contributed by atoms with Gasteiger partial charge < -0.3 is 14.8 Å². The summed E-state index contributed by atoms with van der Waals surface area (Å²) in [5, 5.41) is 21.3. The number of fused-ring (bicyclic) bond motifs is 1. The number of nitrogens with one attached hydrogen (secondary N) is 1. The first-order valence-electron chi connectivity index (χ1n) is 7.09. The molecule has 0 aliphatic heterocycles. The van der Waals surface area contributed by atoms with E-state index in [-0.39, 0.29) is 18.2 Å². The zero-order valence-electron chi connectivity index (χ0n) is 12.4. The summed E-state index contributed by atoms with van der Waals surface area (Å²) in [6, 6.07) is 11.8. The molecule has 0 saturated carbocycles. The minimum atomic E-state index is -1.10. The average molecular weight is 327 g/mol. The highest BCUT2D eigenvalue weighted by molar-refractivity contribution is 5.84. The molecule has 0 saturated heterocycles. The number of para-hydroxylation sites is 1. The molecule has 0 bridgehead atoms. The van der Waals surface area contributed by atoms with Crippen LogP contribution in [0.1, 0.15) is 11.6 Å². The summed E-state index contributed by atoms with van der Waals surface area (Å²) in [5.41, 5.74) is 0.961. The van der Waals surface area contributed by atoms with Gasteiger partial charge in [0.2, 0.25) is 0 Å². The molecular weight excluding hydrogens is 314 g/mol. The van der Waals surface area contributed by atoms with Crippen LogP contribution in [0.25, 0.3) is 10.9 Å². The fraction of sp³-hybridized carbons (Fsp3) is 0.125. The van der Waals surface area contributed by atoms with Crippen molar-refractivity contribution in [1.82, 2.24) is 9.97 Å². The number of aliphatic carboxylic acids is 1. The molecule has 24 heavy (non-hydrogen) atoms. The molecular formula is C16H13N3O5. The van der Waals surface area contributed by atoms with E-state index in [2.05, 4.69) is 9.97 Å². The Balaban J connectivity index is 1.85. The van der Waals surface area contributed by atoms with Gasteiger partial charge in [0, 0.05) is 23.5 Å². The van der Waals surface area contributed by atoms with Crippen LogP contribution in [0.2, 0.25) is 0 Å². The molecule has 1 atom stereocenters. The first-order chi connectivity index (χ1) is 11.6. The molecule has 122 valence electrons. The number of benzene rings is 1. The molecule has 3 rings (SSSR count). The zero-order valence-corrected chi connectivity index (χ0v) is 12.4. The van der Waals surface area contributed by atoms with E-state index < -0.39 is 16.8 Å². The summed E-state index contributed by atoms with van der Waals surface area (Å²) in [7, 11) is 0. The molecule has 0 amide bonds. The van der Waals surface area contributed by atoms with E-state index in [0.717, 1.165) is 10.9 Å². The highest BCUT2D eigenvalue weighted by Crippen LogP contribution is 2.26. The van der Waals surface area contributed by atoms with Gasteiger partial charge in [0.1, 0.15) is 12.5 Å². The van der Waals surface area contributed by atoms with Crippen LogP contribution in [-0.2, 0) is 4.79 Å². The Bertz CT molecular complexity index is 872. The van der Waals surface area contributed by atoms with Gasteiger partial charge in [-0.1, -0.05) is 18.2 Å². The fourth-order valence-corrected chi connectivity index (χ4v) is 2.37. The Labute approximate surface area is 135 Å². The topological polar surface area (TPSA) is 118 Å². The second-order valence-corrected chi connectivity index (χ2v) is 5.10. The molecule has 2 N–H and O–H groups in total. The van der Waals surface area contributed by atoms with Gasteiger partial charge in [-0.25, -0.2) is 4.98 Å². The summed E-state index contributed by atoms with van der Waals surface area (Å²) >= 11 is 0. The normalized spacial score (nSPS) is 12.0. The average Bonchev–Trinajstić information content (AvgIpc) is 2.98. The van der Waals surface area contributed by atoms with Crippen molar-refractivity contribution in [1.29, 1.82) is 0 Å². The number of hydrogen-bond donors (Lipinski definition) is 2. The number of nitro groups is 1. The van der Waals surface area contributed by atoms with E-state index in [0.29, 0.717) is 5.69 Å². The number of nitrogens with zero attached hydrogens (tertiary/aromatic N) is 2. The number of aromatic amines is 1. The Morgan fingerprint density at radius 3 is 2.83 bits per heavy atom. The van der Waals surface area contributed by atoms with E-state index in [4.69, 9.17) is 4.74 Å². The predicted octanol–water partition coefficient (Wildman–Crippen LogP) is 2.72. The molecule has 3 aromatic rings. The lowest BCUT2D eigenvalue weighted by molar-refractivity contribution is -0.386. The number of carboxylic acids is 1. The molecule has 2 heterocycles. The summed E-state index contributed by atoms with van der Waals surface area (Å²) in [6.45, 7) is -0.278. The summed E-state index contributed by atoms with van der Waals surface area (Å²) in [5.74, 6) is -2.30. The van der Waals surface area contributed by atoms with E-state index in [1.807, 2.05) is 24.3 Å². The monoisotopic (exact) mass is 327 g/mol. The third kappa shape index (κ3) is 3.02. The number of aromatic nitrogens is 2. The molecule has 0 spiro atoms. The van der Waals surface area contributed by atoms with Crippen molar-refractivity contribution in [2.24, 2.45) is 0 Å². The number of carbonyl (C=O) groups is 1. The van der Waals surface area contributed by atoms with E-state index in [1.165, 1.54) is 18.3 Å². The highest BCUT2D eigenvalue weighted by atomic mass is 16.6. The standard InChI is InChI=1S/C16H13N3O5/c20-16(21)11(13-8-10-4-1-2-5-12(10)18-13)9-24-15-14(19(22)23)6-3-7-17-15/h1-8,11,18H,9H2,(H,20,21). The number of ether oxygens (including phenoxy) is 1. The van der Waals surface area contributed by atoms with Crippen molar-refractivity contribution in [3.8, 4) is 5.88 Å². The van der Waals surface area contributed by atoms with Gasteiger partial charge in [-0.05, 0) is 23.6 Å². The minimum absolute atomic E-state index is 0.204. The quantitative estimate of drug-likeness (QED) is 0.531. The Kier molecular flexibility index (Phi) is 4.11. The van der Waals surface area contributed by atoms with Crippen LogP contribution in [0.4, 0.5) is 5.69 Å². The molecule has 1 unspecified atom stereocenters. The Hall–Kier alpha value is -3.42. The Morgan fingerprint density at radius 1 is 1.33 bits per heavy atom. The molecule has 0 fully saturated rings. The van der Waals surface area contributed by atoms with Crippen LogP contribution >= 0.6 is 0 Å². The van der Waals surface area contributed by atoms with Crippen molar-refractivity contribution < 1.29 is 19.6 Å². The molecule has 0 aliphatic rings. The largest absolute Gasteiger partial charge is 0.481 e. The van der Waals surface area contributed by atoms with Crippen molar-refractivity contribution >= 4 is 22.6 Å².